The Morgan fingerprint density at radius 1 is 0.500 bits per heavy atom. The van der Waals surface area contributed by atoms with E-state index in [9.17, 15) is 91.9 Å². The fraction of sp³-hybridized carbons (Fsp3) is 0.967. The van der Waals surface area contributed by atoms with Crippen LogP contribution in [0.1, 0.15) is 113 Å². The molecule has 5 heterocycles. The Bertz CT molecular complexity index is 2310. The second kappa shape index (κ2) is 27.4. The molecule has 28 nitrogen and oxygen atoms in total. The van der Waals surface area contributed by atoms with Crippen molar-refractivity contribution >= 4 is 0 Å². The molecule has 0 aromatic rings. The Labute approximate surface area is 512 Å². The summed E-state index contributed by atoms with van der Waals surface area (Å²) >= 11 is 0. The van der Waals surface area contributed by atoms with Crippen LogP contribution in [0.15, 0.2) is 11.6 Å². The fourth-order valence-electron chi connectivity index (χ4n) is 17.0. The van der Waals surface area contributed by atoms with Gasteiger partial charge in [-0.15, -0.1) is 0 Å². The average Bonchev–Trinajstić information content (AvgIpc) is 1.42. The van der Waals surface area contributed by atoms with Gasteiger partial charge in [0, 0.05) is 5.41 Å². The van der Waals surface area contributed by atoms with Gasteiger partial charge < -0.3 is 139 Å². The molecule has 28 heteroatoms. The van der Waals surface area contributed by atoms with Crippen molar-refractivity contribution in [2.24, 2.45) is 45.3 Å². The van der Waals surface area contributed by atoms with Gasteiger partial charge in [0.2, 0.25) is 0 Å². The Hall–Kier alpha value is -1.38. The minimum atomic E-state index is -1.93. The summed E-state index contributed by atoms with van der Waals surface area (Å²) in [4.78, 5) is 0. The third-order valence-electron chi connectivity index (χ3n) is 22.8. The lowest BCUT2D eigenvalue weighted by Crippen LogP contribution is -2.65. The van der Waals surface area contributed by atoms with Crippen LogP contribution in [-0.2, 0) is 47.4 Å². The smallest absolute Gasteiger partial charge is 0.187 e. The maximum absolute atomic E-state index is 11.8. The van der Waals surface area contributed by atoms with Crippen molar-refractivity contribution in [1.29, 1.82) is 0 Å². The first-order valence-corrected chi connectivity index (χ1v) is 31.5. The van der Waals surface area contributed by atoms with Gasteiger partial charge >= 0.3 is 0 Å². The number of allylic oxidation sites excluding steroid dienone is 1. The van der Waals surface area contributed by atoms with Gasteiger partial charge in [-0.25, -0.2) is 0 Å². The Morgan fingerprint density at radius 2 is 0.943 bits per heavy atom. The normalized spacial score (nSPS) is 51.4. The number of aliphatic hydroxyl groups excluding tert-OH is 17. The Kier molecular flexibility index (Phi) is 22.1. The zero-order chi connectivity index (χ0) is 64.7. The van der Waals surface area contributed by atoms with Crippen molar-refractivity contribution in [3.8, 4) is 0 Å². The van der Waals surface area contributed by atoms with E-state index in [1.807, 2.05) is 0 Å². The van der Waals surface area contributed by atoms with Crippen molar-refractivity contribution < 1.29 is 139 Å². The molecule has 4 aliphatic carbocycles. The molecule has 5 saturated heterocycles. The zero-order valence-electron chi connectivity index (χ0n) is 51.5. The van der Waals surface area contributed by atoms with Gasteiger partial charge in [-0.2, -0.15) is 0 Å². The predicted octanol–water partition coefficient (Wildman–Crippen LogP) is -4.38. The van der Waals surface area contributed by atoms with Crippen LogP contribution in [0.2, 0.25) is 0 Å². The lowest BCUT2D eigenvalue weighted by molar-refractivity contribution is -0.380. The molecule has 34 atom stereocenters. The monoisotopic (exact) mass is 1270 g/mol. The van der Waals surface area contributed by atoms with Crippen LogP contribution in [0.4, 0.5) is 0 Å². The average molecular weight is 1270 g/mol. The molecule has 510 valence electrons. The number of fused-ring (bicyclic) bond motifs is 5. The molecule has 88 heavy (non-hydrogen) atoms. The summed E-state index contributed by atoms with van der Waals surface area (Å²) in [5, 5.41) is 192. The van der Waals surface area contributed by atoms with E-state index in [4.69, 9.17) is 47.4 Å². The third kappa shape index (κ3) is 13.0. The largest absolute Gasteiger partial charge is 0.394 e. The standard InChI is InChI=1S/C60H102O28/c1-24(9-13-35(57(4,5)78)87-55-50(88-54-49(77)43(71)38(66)30(21-63)83-54)45(73)40(68)32(85-55)23-80-52-47(75)42(70)37(65)29(20-62)82-52)25-15-16-60(8)33-12-10-26-27(58(33,6)17-18-59(25,60)7)11-14-34(56(26,2)3)86-53-48(76)44(72)39(67)31(84-53)22-79-51-46(74)41(69)36(64)28(19-61)81-51/h10,24-25,27-55,61-78H,9,11-23H2,1-8H3/t24-,25-,27-,28-,29-,30-,31-,32-,33+,34+,35-,36-,37-,38-,39-,40-,41+,42+,43+,44+,45+,46-,47-,48-,49-,50-,51-,52-,53+,54+,55+,58+,59-,60+/m1/s1. The first-order chi connectivity index (χ1) is 41.2. The number of aliphatic hydroxyl groups is 18. The summed E-state index contributed by atoms with van der Waals surface area (Å²) in [6.07, 6.45) is -33.6. The van der Waals surface area contributed by atoms with Crippen molar-refractivity contribution in [3.63, 3.8) is 0 Å². The first kappa shape index (κ1) is 70.9. The highest BCUT2D eigenvalue weighted by molar-refractivity contribution is 5.30. The minimum absolute atomic E-state index is 0.0854. The first-order valence-electron chi connectivity index (χ1n) is 31.5. The molecule has 9 rings (SSSR count). The molecule has 5 aliphatic heterocycles. The van der Waals surface area contributed by atoms with Crippen LogP contribution in [0.5, 0.6) is 0 Å². The summed E-state index contributed by atoms with van der Waals surface area (Å²) < 4.78 is 59.5. The molecule has 0 bridgehead atoms. The number of hydrogen-bond donors (Lipinski definition) is 18. The van der Waals surface area contributed by atoms with E-state index in [1.165, 1.54) is 5.57 Å². The van der Waals surface area contributed by atoms with Crippen LogP contribution in [0.3, 0.4) is 0 Å². The van der Waals surface area contributed by atoms with E-state index in [2.05, 4.69) is 47.6 Å². The lowest BCUT2D eigenvalue weighted by Gasteiger charge is -2.66. The van der Waals surface area contributed by atoms with Gasteiger partial charge in [-0.05, 0) is 112 Å². The van der Waals surface area contributed by atoms with Gasteiger partial charge in [-0.1, -0.05) is 53.2 Å². The second-order valence-corrected chi connectivity index (χ2v) is 28.6. The molecule has 0 aromatic heterocycles. The van der Waals surface area contributed by atoms with Crippen LogP contribution < -0.4 is 0 Å². The van der Waals surface area contributed by atoms with Gasteiger partial charge in [0.1, 0.15) is 122 Å². The van der Waals surface area contributed by atoms with Crippen molar-refractivity contribution in [3.05, 3.63) is 11.6 Å². The zero-order valence-corrected chi connectivity index (χ0v) is 51.5. The minimum Gasteiger partial charge on any atom is -0.394 e. The van der Waals surface area contributed by atoms with Crippen molar-refractivity contribution in [2.45, 2.75) is 285 Å². The van der Waals surface area contributed by atoms with E-state index in [-0.39, 0.29) is 40.4 Å². The summed E-state index contributed by atoms with van der Waals surface area (Å²) in [5.41, 5.74) is -1.21. The molecule has 0 amide bonds. The highest BCUT2D eigenvalue weighted by atomic mass is 16.8. The van der Waals surface area contributed by atoms with Crippen LogP contribution in [0, 0.1) is 45.3 Å². The maximum atomic E-state index is 11.8. The molecular formula is C60H102O28. The van der Waals surface area contributed by atoms with Crippen molar-refractivity contribution in [1.82, 2.24) is 0 Å². The third-order valence-corrected chi connectivity index (χ3v) is 22.8. The van der Waals surface area contributed by atoms with E-state index < -0.39 is 210 Å². The lowest BCUT2D eigenvalue weighted by atomic mass is 9.39. The topological polar surface area (TPSA) is 456 Å². The molecule has 9 aliphatic rings. The molecule has 0 radical (unpaired) electrons. The van der Waals surface area contributed by atoms with E-state index in [1.54, 1.807) is 13.8 Å². The van der Waals surface area contributed by atoms with E-state index in [0.717, 1.165) is 38.5 Å². The highest BCUT2D eigenvalue weighted by Gasteiger charge is 2.68. The van der Waals surface area contributed by atoms with Crippen molar-refractivity contribution in [2.75, 3.05) is 33.0 Å². The van der Waals surface area contributed by atoms with E-state index in [0.29, 0.717) is 18.8 Å². The summed E-state index contributed by atoms with van der Waals surface area (Å²) in [6.45, 7) is 13.5. The fourth-order valence-corrected chi connectivity index (χ4v) is 17.0. The van der Waals surface area contributed by atoms with Gasteiger partial charge in [0.15, 0.2) is 31.5 Å². The molecule has 0 aromatic carbocycles. The number of ether oxygens (including phenoxy) is 10. The maximum Gasteiger partial charge on any atom is 0.187 e. The Morgan fingerprint density at radius 3 is 1.44 bits per heavy atom. The molecule has 18 N–H and O–H groups in total. The number of hydrogen-bond acceptors (Lipinski definition) is 28. The van der Waals surface area contributed by atoms with E-state index >= 15 is 0 Å². The van der Waals surface area contributed by atoms with Gasteiger partial charge in [-0.3, -0.25) is 0 Å². The predicted molar refractivity (Wildman–Crippen MR) is 299 cm³/mol. The Balaban J connectivity index is 0.871. The summed E-state index contributed by atoms with van der Waals surface area (Å²) in [5.74, 6) is 0.828. The second-order valence-electron chi connectivity index (χ2n) is 28.6. The van der Waals surface area contributed by atoms with Crippen LogP contribution >= 0.6 is 0 Å². The highest BCUT2D eigenvalue weighted by Crippen LogP contribution is 2.75. The summed E-state index contributed by atoms with van der Waals surface area (Å²) in [7, 11) is 0. The quantitative estimate of drug-likeness (QED) is 0.0512. The molecule has 0 unspecified atom stereocenters. The molecule has 0 spiro atoms. The molecule has 8 fully saturated rings. The summed E-state index contributed by atoms with van der Waals surface area (Å²) in [6, 6.07) is 0. The van der Waals surface area contributed by atoms with Crippen LogP contribution in [-0.4, -0.2) is 296 Å². The molecular weight excluding hydrogens is 1170 g/mol. The van der Waals surface area contributed by atoms with Crippen LogP contribution in [0.25, 0.3) is 0 Å². The SMILES string of the molecule is C[C@H](CC[C@@H](O[C@@H]1O[C@H](CO[C@@H]2O[C@H](CO)[C@@H](O)[C@H](O)[C@H]2O)[C@@H](O)[C@H](O)[C@H]1O[C@@H]1O[C@H](CO)[C@@H](O)[C@H](O)[C@H]1O)C(C)(C)O)[C@H]1CC[C@@]2(C)[C@H]3CC=C4[C@@H](CC[C@H](O[C@@H]5O[C@H](CO[C@@H]6O[C@H](CO)[C@@H](O)[C@H](O)[C@H]6O)[C@@H](O)[C@H](O)[C@H]5O)C4(C)C)[C@]3(C)CC[C@]12C. The molecule has 3 saturated carbocycles. The van der Waals surface area contributed by atoms with Gasteiger partial charge in [0.05, 0.1) is 50.8 Å². The number of rotatable bonds is 20. The van der Waals surface area contributed by atoms with Gasteiger partial charge in [0.25, 0.3) is 0 Å².